The molecule has 2 N–H and O–H groups in total. The fourth-order valence-electron chi connectivity index (χ4n) is 3.17. The molecule has 0 aromatic heterocycles. The first-order chi connectivity index (χ1) is 8.31. The summed E-state index contributed by atoms with van der Waals surface area (Å²) >= 11 is 5.29. The molecule has 3 aliphatic rings. The van der Waals surface area contributed by atoms with Crippen molar-refractivity contribution in [3.05, 3.63) is 12.2 Å². The summed E-state index contributed by atoms with van der Waals surface area (Å²) in [5.74, 6) is 1.46. The highest BCUT2D eigenvalue weighted by Crippen LogP contribution is 2.38. The summed E-state index contributed by atoms with van der Waals surface area (Å²) in [6, 6.07) is 0.522. The molecule has 3 nitrogen and oxygen atoms in total. The molecule has 0 aromatic carbocycles. The molecule has 3 atom stereocenters. The third kappa shape index (κ3) is 2.51. The second kappa shape index (κ2) is 4.77. The molecular formula is C13H19N3S. The van der Waals surface area contributed by atoms with Crippen molar-refractivity contribution >= 4 is 23.0 Å². The zero-order valence-corrected chi connectivity index (χ0v) is 10.8. The second-order valence-electron chi connectivity index (χ2n) is 5.36. The Hall–Kier alpha value is -0.900. The summed E-state index contributed by atoms with van der Waals surface area (Å²) in [5.41, 5.74) is 4.26. The number of hydrogen-bond donors (Lipinski definition) is 2. The number of allylic oxidation sites excluding steroid dienone is 1. The van der Waals surface area contributed by atoms with Gasteiger partial charge in [0, 0.05) is 11.8 Å². The third-order valence-corrected chi connectivity index (χ3v) is 4.30. The molecule has 2 saturated carbocycles. The maximum absolute atomic E-state index is 5.29. The standard InChI is InChI=1S/C13H19N3S/c17-13(16-15-11-3-1-2-4-11)14-12-8-9-5-6-10(12)7-9/h5-6,9-10,12H,1-4,7-8H2,(H2,14,16,17)/t9-,10-,12+/m0/s1. The van der Waals surface area contributed by atoms with Crippen molar-refractivity contribution in [3.63, 3.8) is 0 Å². The predicted octanol–water partition coefficient (Wildman–Crippen LogP) is 2.35. The van der Waals surface area contributed by atoms with Gasteiger partial charge >= 0.3 is 0 Å². The van der Waals surface area contributed by atoms with E-state index in [1.807, 2.05) is 0 Å². The Kier molecular flexibility index (Phi) is 3.14. The van der Waals surface area contributed by atoms with Crippen LogP contribution in [0.3, 0.4) is 0 Å². The summed E-state index contributed by atoms with van der Waals surface area (Å²) in [4.78, 5) is 0. The first-order valence-corrected chi connectivity index (χ1v) is 7.02. The lowest BCUT2D eigenvalue weighted by molar-refractivity contribution is 0.520. The van der Waals surface area contributed by atoms with Crippen LogP contribution >= 0.6 is 12.2 Å². The fraction of sp³-hybridized carbons (Fsp3) is 0.692. The SMILES string of the molecule is S=C(NN=C1CCCC1)N[C@@H]1C[C@H]2C=C[C@H]1C2. The molecule has 0 radical (unpaired) electrons. The average Bonchev–Trinajstić information content (AvgIpc) is 3.03. The fourth-order valence-corrected chi connectivity index (χ4v) is 3.37. The molecule has 17 heavy (non-hydrogen) atoms. The van der Waals surface area contributed by atoms with Crippen molar-refractivity contribution < 1.29 is 0 Å². The van der Waals surface area contributed by atoms with E-state index in [2.05, 4.69) is 28.0 Å². The lowest BCUT2D eigenvalue weighted by Crippen LogP contribution is -2.42. The Morgan fingerprint density at radius 3 is 2.71 bits per heavy atom. The van der Waals surface area contributed by atoms with Gasteiger partial charge in [-0.3, -0.25) is 5.43 Å². The number of fused-ring (bicyclic) bond motifs is 2. The molecule has 3 aliphatic carbocycles. The van der Waals surface area contributed by atoms with E-state index in [4.69, 9.17) is 12.2 Å². The Bertz CT molecular complexity index is 367. The third-order valence-electron chi connectivity index (χ3n) is 4.09. The van der Waals surface area contributed by atoms with E-state index in [1.54, 1.807) is 0 Å². The molecule has 0 spiro atoms. The van der Waals surface area contributed by atoms with Gasteiger partial charge in [-0.05, 0) is 62.6 Å². The number of hydrazone groups is 1. The van der Waals surface area contributed by atoms with Gasteiger partial charge in [0.2, 0.25) is 0 Å². The van der Waals surface area contributed by atoms with Crippen LogP contribution in [0.25, 0.3) is 0 Å². The van der Waals surface area contributed by atoms with Gasteiger partial charge in [-0.15, -0.1) is 0 Å². The molecule has 0 aromatic rings. The van der Waals surface area contributed by atoms with Gasteiger partial charge < -0.3 is 5.32 Å². The van der Waals surface area contributed by atoms with E-state index < -0.39 is 0 Å². The van der Waals surface area contributed by atoms with Crippen molar-refractivity contribution in [1.82, 2.24) is 10.7 Å². The van der Waals surface area contributed by atoms with Crippen LogP contribution in [0.1, 0.15) is 38.5 Å². The molecule has 0 aliphatic heterocycles. The quantitative estimate of drug-likeness (QED) is 0.448. The molecule has 0 heterocycles. The van der Waals surface area contributed by atoms with Crippen LogP contribution in [0.4, 0.5) is 0 Å². The number of thiocarbonyl (C=S) groups is 1. The minimum atomic E-state index is 0.522. The average molecular weight is 249 g/mol. The molecular weight excluding hydrogens is 230 g/mol. The maximum atomic E-state index is 5.29. The topological polar surface area (TPSA) is 36.4 Å². The highest BCUT2D eigenvalue weighted by molar-refractivity contribution is 7.80. The van der Waals surface area contributed by atoms with Crippen molar-refractivity contribution in [2.24, 2.45) is 16.9 Å². The van der Waals surface area contributed by atoms with Gasteiger partial charge in [0.05, 0.1) is 0 Å². The maximum Gasteiger partial charge on any atom is 0.187 e. The van der Waals surface area contributed by atoms with Crippen LogP contribution in [0.5, 0.6) is 0 Å². The molecule has 2 fully saturated rings. The van der Waals surface area contributed by atoms with Gasteiger partial charge in [-0.1, -0.05) is 12.2 Å². The number of rotatable bonds is 2. The molecule has 0 saturated heterocycles. The Morgan fingerprint density at radius 1 is 1.24 bits per heavy atom. The van der Waals surface area contributed by atoms with Crippen LogP contribution in [0.2, 0.25) is 0 Å². The summed E-state index contributed by atoms with van der Waals surface area (Å²) in [5, 5.41) is 8.46. The van der Waals surface area contributed by atoms with Crippen molar-refractivity contribution in [3.8, 4) is 0 Å². The van der Waals surface area contributed by atoms with Crippen LogP contribution in [-0.4, -0.2) is 16.9 Å². The van der Waals surface area contributed by atoms with Crippen molar-refractivity contribution in [1.29, 1.82) is 0 Å². The Balaban J connectivity index is 1.47. The molecule has 2 bridgehead atoms. The molecule has 0 amide bonds. The predicted molar refractivity (Wildman–Crippen MR) is 73.9 cm³/mol. The number of nitrogens with one attached hydrogen (secondary N) is 2. The minimum absolute atomic E-state index is 0.522. The first kappa shape index (κ1) is 11.2. The van der Waals surface area contributed by atoms with Crippen molar-refractivity contribution in [2.75, 3.05) is 0 Å². The number of hydrogen-bond acceptors (Lipinski definition) is 2. The number of nitrogens with zero attached hydrogens (tertiary/aromatic N) is 1. The van der Waals surface area contributed by atoms with E-state index in [-0.39, 0.29) is 0 Å². The van der Waals surface area contributed by atoms with Crippen LogP contribution in [0, 0.1) is 11.8 Å². The van der Waals surface area contributed by atoms with E-state index in [1.165, 1.54) is 31.4 Å². The van der Waals surface area contributed by atoms with Crippen LogP contribution in [-0.2, 0) is 0 Å². The lowest BCUT2D eigenvalue weighted by Gasteiger charge is -2.20. The van der Waals surface area contributed by atoms with E-state index in [9.17, 15) is 0 Å². The van der Waals surface area contributed by atoms with E-state index in [0.29, 0.717) is 17.1 Å². The Morgan fingerprint density at radius 2 is 2.06 bits per heavy atom. The van der Waals surface area contributed by atoms with Gasteiger partial charge in [0.15, 0.2) is 5.11 Å². The zero-order chi connectivity index (χ0) is 11.7. The summed E-state index contributed by atoms with van der Waals surface area (Å²) in [6.07, 6.45) is 12.0. The van der Waals surface area contributed by atoms with E-state index >= 15 is 0 Å². The summed E-state index contributed by atoms with van der Waals surface area (Å²) in [6.45, 7) is 0. The highest BCUT2D eigenvalue weighted by Gasteiger charge is 2.35. The lowest BCUT2D eigenvalue weighted by atomic mass is 10.0. The Labute approximate surface area is 108 Å². The summed E-state index contributed by atoms with van der Waals surface area (Å²) < 4.78 is 0. The molecule has 92 valence electrons. The highest BCUT2D eigenvalue weighted by atomic mass is 32.1. The van der Waals surface area contributed by atoms with Crippen LogP contribution in [0.15, 0.2) is 17.3 Å². The molecule has 4 heteroatoms. The van der Waals surface area contributed by atoms with E-state index in [0.717, 1.165) is 18.8 Å². The normalized spacial score (nSPS) is 34.1. The minimum Gasteiger partial charge on any atom is -0.358 e. The largest absolute Gasteiger partial charge is 0.358 e. The van der Waals surface area contributed by atoms with Gasteiger partial charge in [-0.25, -0.2) is 0 Å². The van der Waals surface area contributed by atoms with Gasteiger partial charge in [-0.2, -0.15) is 5.10 Å². The van der Waals surface area contributed by atoms with Crippen LogP contribution < -0.4 is 10.7 Å². The first-order valence-electron chi connectivity index (χ1n) is 6.61. The molecule has 0 unspecified atom stereocenters. The van der Waals surface area contributed by atoms with Gasteiger partial charge in [0.25, 0.3) is 0 Å². The second-order valence-corrected chi connectivity index (χ2v) is 5.77. The van der Waals surface area contributed by atoms with Crippen molar-refractivity contribution in [2.45, 2.75) is 44.6 Å². The smallest absolute Gasteiger partial charge is 0.187 e. The summed E-state index contributed by atoms with van der Waals surface area (Å²) in [7, 11) is 0. The van der Waals surface area contributed by atoms with Gasteiger partial charge in [0.1, 0.15) is 0 Å². The monoisotopic (exact) mass is 249 g/mol. The molecule has 3 rings (SSSR count). The zero-order valence-electron chi connectivity index (χ0n) is 9.98.